The number of nitrogens with two attached hydrogens (primary N) is 1. The first-order valence-electron chi connectivity index (χ1n) is 4.20. The highest BCUT2D eigenvalue weighted by molar-refractivity contribution is 9.10. The van der Waals surface area contributed by atoms with Crippen LogP contribution in [0.25, 0.3) is 0 Å². The van der Waals surface area contributed by atoms with Gasteiger partial charge in [-0.3, -0.25) is 4.68 Å². The predicted octanol–water partition coefficient (Wildman–Crippen LogP) is 1.10. The Morgan fingerprint density at radius 3 is 2.85 bits per heavy atom. The Labute approximate surface area is 85.1 Å². The molecule has 1 fully saturated rings. The number of hydrogen-bond donors (Lipinski definition) is 1. The molecule has 1 aromatic rings. The molecule has 1 aliphatic carbocycles. The molecule has 0 unspecified atom stereocenters. The Morgan fingerprint density at radius 2 is 2.46 bits per heavy atom. The van der Waals surface area contributed by atoms with Crippen molar-refractivity contribution < 1.29 is 4.84 Å². The van der Waals surface area contributed by atoms with Crippen LogP contribution in [0.1, 0.15) is 18.5 Å². The molecule has 2 rings (SSSR count). The van der Waals surface area contributed by atoms with Gasteiger partial charge in [-0.1, -0.05) is 0 Å². The highest BCUT2D eigenvalue weighted by Crippen LogP contribution is 2.48. The van der Waals surface area contributed by atoms with Crippen molar-refractivity contribution in [1.82, 2.24) is 9.78 Å². The van der Waals surface area contributed by atoms with E-state index in [0.29, 0.717) is 6.61 Å². The molecule has 1 saturated carbocycles. The van der Waals surface area contributed by atoms with Crippen LogP contribution in [0.2, 0.25) is 0 Å². The van der Waals surface area contributed by atoms with Crippen molar-refractivity contribution in [3.05, 3.63) is 16.4 Å². The maximum absolute atomic E-state index is 5.11. The molecule has 0 spiro atoms. The largest absolute Gasteiger partial charge is 0.304 e. The van der Waals surface area contributed by atoms with Gasteiger partial charge in [0.15, 0.2) is 0 Å². The average molecular weight is 246 g/mol. The molecule has 0 radical (unpaired) electrons. The summed E-state index contributed by atoms with van der Waals surface area (Å²) in [7, 11) is 1.94. The molecule has 0 saturated heterocycles. The predicted molar refractivity (Wildman–Crippen MR) is 52.0 cm³/mol. The lowest BCUT2D eigenvalue weighted by atomic mass is 10.0. The van der Waals surface area contributed by atoms with E-state index in [1.54, 1.807) is 0 Å². The summed E-state index contributed by atoms with van der Waals surface area (Å²) in [6, 6.07) is 2.03. The molecule has 4 nitrogen and oxygen atoms in total. The van der Waals surface area contributed by atoms with E-state index in [1.807, 2.05) is 17.8 Å². The first-order valence-corrected chi connectivity index (χ1v) is 4.99. The van der Waals surface area contributed by atoms with Crippen LogP contribution >= 0.6 is 15.9 Å². The van der Waals surface area contributed by atoms with Crippen molar-refractivity contribution in [2.75, 3.05) is 6.61 Å². The van der Waals surface area contributed by atoms with E-state index >= 15 is 0 Å². The van der Waals surface area contributed by atoms with E-state index in [4.69, 9.17) is 10.7 Å². The van der Waals surface area contributed by atoms with Gasteiger partial charge in [0.05, 0.1) is 6.61 Å². The van der Waals surface area contributed by atoms with Gasteiger partial charge in [-0.2, -0.15) is 5.10 Å². The molecule has 1 aromatic heterocycles. The molecule has 0 atom stereocenters. The Balaban J connectivity index is 2.29. The summed E-state index contributed by atoms with van der Waals surface area (Å²) in [5, 5.41) is 4.24. The van der Waals surface area contributed by atoms with Gasteiger partial charge in [0.25, 0.3) is 0 Å². The third kappa shape index (κ3) is 1.51. The van der Waals surface area contributed by atoms with Crippen molar-refractivity contribution in [2.24, 2.45) is 12.9 Å². The highest BCUT2D eigenvalue weighted by atomic mass is 79.9. The number of hydrogen-bond acceptors (Lipinski definition) is 3. The third-order valence-electron chi connectivity index (χ3n) is 2.61. The Morgan fingerprint density at radius 1 is 1.77 bits per heavy atom. The fraction of sp³-hybridized carbons (Fsp3) is 0.625. The van der Waals surface area contributed by atoms with Gasteiger partial charge in [-0.15, -0.1) is 0 Å². The number of aromatic nitrogens is 2. The van der Waals surface area contributed by atoms with Gasteiger partial charge in [0, 0.05) is 18.2 Å². The topological polar surface area (TPSA) is 53.1 Å². The first-order chi connectivity index (χ1) is 6.18. The monoisotopic (exact) mass is 245 g/mol. The second kappa shape index (κ2) is 3.08. The van der Waals surface area contributed by atoms with E-state index in [0.717, 1.165) is 17.4 Å². The van der Waals surface area contributed by atoms with Gasteiger partial charge in [-0.05, 0) is 34.8 Å². The molecule has 1 heterocycles. The summed E-state index contributed by atoms with van der Waals surface area (Å²) < 4.78 is 2.75. The van der Waals surface area contributed by atoms with Crippen molar-refractivity contribution >= 4 is 15.9 Å². The van der Waals surface area contributed by atoms with Crippen LogP contribution in [0.4, 0.5) is 0 Å². The lowest BCUT2D eigenvalue weighted by molar-refractivity contribution is 0.114. The summed E-state index contributed by atoms with van der Waals surface area (Å²) in [5.41, 5.74) is 1.33. The molecule has 72 valence electrons. The molecule has 13 heavy (non-hydrogen) atoms. The summed E-state index contributed by atoms with van der Waals surface area (Å²) in [6.45, 7) is 0.582. The fourth-order valence-corrected chi connectivity index (χ4v) is 2.17. The zero-order valence-corrected chi connectivity index (χ0v) is 9.04. The number of nitrogens with zero attached hydrogens (tertiary/aromatic N) is 2. The summed E-state index contributed by atoms with van der Waals surface area (Å²) in [4.78, 5) is 4.73. The molecule has 2 N–H and O–H groups in total. The van der Waals surface area contributed by atoms with Crippen LogP contribution in [-0.2, 0) is 17.3 Å². The summed E-state index contributed by atoms with van der Waals surface area (Å²) in [6.07, 6.45) is 2.27. The summed E-state index contributed by atoms with van der Waals surface area (Å²) >= 11 is 3.35. The van der Waals surface area contributed by atoms with Crippen molar-refractivity contribution in [3.8, 4) is 0 Å². The minimum Gasteiger partial charge on any atom is -0.304 e. The van der Waals surface area contributed by atoms with Gasteiger partial charge in [-0.25, -0.2) is 5.90 Å². The fourth-order valence-electron chi connectivity index (χ4n) is 1.71. The van der Waals surface area contributed by atoms with E-state index in [2.05, 4.69) is 21.0 Å². The van der Waals surface area contributed by atoms with Crippen LogP contribution < -0.4 is 5.90 Å². The molecule has 1 aliphatic rings. The minimum atomic E-state index is 0.127. The molecule has 0 aliphatic heterocycles. The number of rotatable bonds is 3. The average Bonchev–Trinajstić information content (AvgIpc) is 2.74. The highest BCUT2D eigenvalue weighted by Gasteiger charge is 2.47. The maximum atomic E-state index is 5.11. The van der Waals surface area contributed by atoms with Gasteiger partial charge in [0.1, 0.15) is 4.60 Å². The van der Waals surface area contributed by atoms with Crippen LogP contribution in [0.5, 0.6) is 0 Å². The van der Waals surface area contributed by atoms with Gasteiger partial charge >= 0.3 is 0 Å². The lowest BCUT2D eigenvalue weighted by Crippen LogP contribution is -2.21. The van der Waals surface area contributed by atoms with E-state index in [9.17, 15) is 0 Å². The van der Waals surface area contributed by atoms with Crippen LogP contribution in [0.3, 0.4) is 0 Å². The first kappa shape index (κ1) is 9.18. The zero-order valence-electron chi connectivity index (χ0n) is 7.46. The molecular formula is C8H12BrN3O. The summed E-state index contributed by atoms with van der Waals surface area (Å²) in [5.74, 6) is 5.11. The van der Waals surface area contributed by atoms with Crippen molar-refractivity contribution in [1.29, 1.82) is 0 Å². The van der Waals surface area contributed by atoms with Gasteiger partial charge < -0.3 is 4.84 Å². The molecule has 0 bridgehead atoms. The second-order valence-corrected chi connectivity index (χ2v) is 4.38. The Kier molecular flexibility index (Phi) is 2.17. The van der Waals surface area contributed by atoms with E-state index < -0.39 is 0 Å². The van der Waals surface area contributed by atoms with E-state index in [1.165, 1.54) is 5.69 Å². The quantitative estimate of drug-likeness (QED) is 0.812. The van der Waals surface area contributed by atoms with Gasteiger partial charge in [0.2, 0.25) is 0 Å². The molecule has 5 heteroatoms. The van der Waals surface area contributed by atoms with Crippen LogP contribution in [0, 0.1) is 0 Å². The van der Waals surface area contributed by atoms with E-state index in [-0.39, 0.29) is 5.41 Å². The van der Waals surface area contributed by atoms with Crippen molar-refractivity contribution in [2.45, 2.75) is 18.3 Å². The Bertz CT molecular complexity index is 319. The second-order valence-electron chi connectivity index (χ2n) is 3.57. The normalized spacial score (nSPS) is 19.0. The number of halogens is 1. The molecule has 0 aromatic carbocycles. The standard InChI is InChI=1S/C8H12BrN3O/c1-12-6(4-7(9)11-12)8(2-3-8)5-13-10/h4H,2-3,5,10H2,1H3. The molecule has 0 amide bonds. The minimum absolute atomic E-state index is 0.127. The van der Waals surface area contributed by atoms with Crippen LogP contribution in [-0.4, -0.2) is 16.4 Å². The smallest absolute Gasteiger partial charge is 0.128 e. The zero-order chi connectivity index (χ0) is 9.47. The van der Waals surface area contributed by atoms with Crippen LogP contribution in [0.15, 0.2) is 10.7 Å². The third-order valence-corrected chi connectivity index (χ3v) is 2.99. The number of aryl methyl sites for hydroxylation is 1. The lowest BCUT2D eigenvalue weighted by Gasteiger charge is -2.12. The Hall–Kier alpha value is -0.390. The SMILES string of the molecule is Cn1nc(Br)cc1C1(CON)CC1. The molecular weight excluding hydrogens is 234 g/mol. The van der Waals surface area contributed by atoms with Crippen molar-refractivity contribution in [3.63, 3.8) is 0 Å². The maximum Gasteiger partial charge on any atom is 0.128 e.